The van der Waals surface area contributed by atoms with Crippen molar-refractivity contribution in [3.8, 4) is 17.1 Å². The van der Waals surface area contributed by atoms with Gasteiger partial charge in [-0.05, 0) is 23.7 Å². The lowest BCUT2D eigenvalue weighted by molar-refractivity contribution is 0.404. The fourth-order valence-electron chi connectivity index (χ4n) is 1.15. The molecule has 0 aliphatic rings. The molecule has 0 fully saturated rings. The maximum absolute atomic E-state index is 5.59. The zero-order chi connectivity index (χ0) is 9.97. The highest BCUT2D eigenvalue weighted by molar-refractivity contribution is 7.04. The van der Waals surface area contributed by atoms with Gasteiger partial charge in [0.25, 0.3) is 0 Å². The largest absolute Gasteiger partial charge is 0.480 e. The molecule has 72 valence electrons. The predicted molar refractivity (Wildman–Crippen MR) is 56.3 cm³/mol. The van der Waals surface area contributed by atoms with Gasteiger partial charge < -0.3 is 10.5 Å². The smallest absolute Gasteiger partial charge is 0.234 e. The SMILES string of the molecule is COc1nscc1-c1cccc(N)n1. The maximum atomic E-state index is 5.59. The van der Waals surface area contributed by atoms with Gasteiger partial charge in [0.15, 0.2) is 0 Å². The minimum Gasteiger partial charge on any atom is -0.480 e. The number of ether oxygens (including phenoxy) is 1. The van der Waals surface area contributed by atoms with E-state index in [4.69, 9.17) is 10.5 Å². The number of pyridine rings is 1. The molecule has 2 aromatic rings. The average Bonchev–Trinajstić information content (AvgIpc) is 2.65. The molecule has 2 heterocycles. The second-order valence-electron chi connectivity index (χ2n) is 2.69. The van der Waals surface area contributed by atoms with E-state index in [9.17, 15) is 0 Å². The van der Waals surface area contributed by atoms with Gasteiger partial charge in [0.2, 0.25) is 5.88 Å². The highest BCUT2D eigenvalue weighted by Crippen LogP contribution is 2.29. The Labute approximate surface area is 85.5 Å². The molecule has 0 spiro atoms. The van der Waals surface area contributed by atoms with Crippen molar-refractivity contribution in [1.82, 2.24) is 9.36 Å². The van der Waals surface area contributed by atoms with E-state index in [1.54, 1.807) is 13.2 Å². The van der Waals surface area contributed by atoms with Crippen molar-refractivity contribution < 1.29 is 4.74 Å². The molecule has 0 aromatic carbocycles. The summed E-state index contributed by atoms with van der Waals surface area (Å²) in [4.78, 5) is 4.19. The molecule has 2 rings (SSSR count). The average molecular weight is 207 g/mol. The van der Waals surface area contributed by atoms with Crippen molar-refractivity contribution in [1.29, 1.82) is 0 Å². The predicted octanol–water partition coefficient (Wildman–Crippen LogP) is 1.80. The molecule has 0 aliphatic carbocycles. The van der Waals surface area contributed by atoms with Crippen LogP contribution >= 0.6 is 11.5 Å². The van der Waals surface area contributed by atoms with Crippen LogP contribution in [0.1, 0.15) is 0 Å². The summed E-state index contributed by atoms with van der Waals surface area (Å²) < 4.78 is 9.18. The molecule has 0 amide bonds. The van der Waals surface area contributed by atoms with Gasteiger partial charge in [0, 0.05) is 5.38 Å². The quantitative estimate of drug-likeness (QED) is 0.815. The number of aromatic nitrogens is 2. The molecule has 14 heavy (non-hydrogen) atoms. The van der Waals surface area contributed by atoms with E-state index < -0.39 is 0 Å². The molecule has 0 aliphatic heterocycles. The fourth-order valence-corrected chi connectivity index (χ4v) is 1.79. The lowest BCUT2D eigenvalue weighted by Crippen LogP contribution is -1.92. The number of hydrogen-bond donors (Lipinski definition) is 1. The second-order valence-corrected chi connectivity index (χ2v) is 3.31. The minimum absolute atomic E-state index is 0.496. The molecule has 2 aromatic heterocycles. The van der Waals surface area contributed by atoms with Gasteiger partial charge in [-0.1, -0.05) is 6.07 Å². The molecule has 0 radical (unpaired) electrons. The molecule has 2 N–H and O–H groups in total. The monoisotopic (exact) mass is 207 g/mol. The molecule has 0 saturated carbocycles. The first-order valence-corrected chi connectivity index (χ1v) is 4.86. The van der Waals surface area contributed by atoms with E-state index in [2.05, 4.69) is 9.36 Å². The first-order chi connectivity index (χ1) is 6.81. The minimum atomic E-state index is 0.496. The number of anilines is 1. The van der Waals surface area contributed by atoms with Crippen LogP contribution in [0.5, 0.6) is 5.88 Å². The van der Waals surface area contributed by atoms with Crippen LogP contribution in [0, 0.1) is 0 Å². The van der Waals surface area contributed by atoms with Crippen LogP contribution in [0.15, 0.2) is 23.6 Å². The molecule has 4 nitrogen and oxygen atoms in total. The van der Waals surface area contributed by atoms with Crippen LogP contribution < -0.4 is 10.5 Å². The number of nitrogens with two attached hydrogens (primary N) is 1. The van der Waals surface area contributed by atoms with Gasteiger partial charge in [0.1, 0.15) is 5.82 Å². The summed E-state index contributed by atoms with van der Waals surface area (Å²) in [5.41, 5.74) is 7.25. The molecular weight excluding hydrogens is 198 g/mol. The fraction of sp³-hybridized carbons (Fsp3) is 0.111. The summed E-state index contributed by atoms with van der Waals surface area (Å²) in [5, 5.41) is 1.89. The van der Waals surface area contributed by atoms with Crippen LogP contribution in [0.2, 0.25) is 0 Å². The van der Waals surface area contributed by atoms with E-state index in [1.165, 1.54) is 11.5 Å². The second kappa shape index (κ2) is 3.63. The number of rotatable bonds is 2. The van der Waals surface area contributed by atoms with Gasteiger partial charge in [-0.15, -0.1) is 0 Å². The molecule has 5 heteroatoms. The Morgan fingerprint density at radius 1 is 1.43 bits per heavy atom. The summed E-state index contributed by atoms with van der Waals surface area (Å²) in [6, 6.07) is 5.48. The summed E-state index contributed by atoms with van der Waals surface area (Å²) >= 11 is 1.34. The third kappa shape index (κ3) is 1.54. The number of nitrogens with zero attached hydrogens (tertiary/aromatic N) is 2. The summed E-state index contributed by atoms with van der Waals surface area (Å²) in [7, 11) is 1.59. The molecule has 0 unspecified atom stereocenters. The normalized spacial score (nSPS) is 10.1. The number of methoxy groups -OCH3 is 1. The van der Waals surface area contributed by atoms with Crippen molar-refractivity contribution in [3.05, 3.63) is 23.6 Å². The number of nitrogen functional groups attached to an aromatic ring is 1. The Balaban J connectivity index is 2.49. The van der Waals surface area contributed by atoms with Crippen molar-refractivity contribution in [3.63, 3.8) is 0 Å². The van der Waals surface area contributed by atoms with Gasteiger partial charge in [0.05, 0.1) is 18.4 Å². The van der Waals surface area contributed by atoms with Crippen LogP contribution in [0.25, 0.3) is 11.3 Å². The highest BCUT2D eigenvalue weighted by Gasteiger charge is 2.09. The van der Waals surface area contributed by atoms with Crippen molar-refractivity contribution in [2.45, 2.75) is 0 Å². The van der Waals surface area contributed by atoms with Crippen LogP contribution in [0.3, 0.4) is 0 Å². The number of hydrogen-bond acceptors (Lipinski definition) is 5. The Morgan fingerprint density at radius 2 is 2.29 bits per heavy atom. The van der Waals surface area contributed by atoms with Crippen molar-refractivity contribution in [2.75, 3.05) is 12.8 Å². The molecule has 0 bridgehead atoms. The third-order valence-electron chi connectivity index (χ3n) is 1.78. The van der Waals surface area contributed by atoms with E-state index >= 15 is 0 Å². The lowest BCUT2D eigenvalue weighted by Gasteiger charge is -2.00. The lowest BCUT2D eigenvalue weighted by atomic mass is 10.2. The Morgan fingerprint density at radius 3 is 3.00 bits per heavy atom. The highest BCUT2D eigenvalue weighted by atomic mass is 32.1. The summed E-state index contributed by atoms with van der Waals surface area (Å²) in [5.74, 6) is 1.09. The third-order valence-corrected chi connectivity index (χ3v) is 2.39. The Kier molecular flexibility index (Phi) is 2.32. The standard InChI is InChI=1S/C9H9N3OS/c1-13-9-6(5-14-12-9)7-3-2-4-8(10)11-7/h2-5H,1H3,(H2,10,11). The van der Waals surface area contributed by atoms with Gasteiger partial charge >= 0.3 is 0 Å². The van der Waals surface area contributed by atoms with Crippen molar-refractivity contribution in [2.24, 2.45) is 0 Å². The van der Waals surface area contributed by atoms with E-state index in [-0.39, 0.29) is 0 Å². The van der Waals surface area contributed by atoms with Crippen LogP contribution in [0.4, 0.5) is 5.82 Å². The molecule has 0 saturated heterocycles. The van der Waals surface area contributed by atoms with Crippen molar-refractivity contribution >= 4 is 17.4 Å². The van der Waals surface area contributed by atoms with Crippen LogP contribution in [-0.4, -0.2) is 16.5 Å². The van der Waals surface area contributed by atoms with Gasteiger partial charge in [-0.2, -0.15) is 4.37 Å². The van der Waals surface area contributed by atoms with Gasteiger partial charge in [-0.3, -0.25) is 0 Å². The zero-order valence-corrected chi connectivity index (χ0v) is 8.41. The zero-order valence-electron chi connectivity index (χ0n) is 7.60. The maximum Gasteiger partial charge on any atom is 0.234 e. The van der Waals surface area contributed by atoms with Gasteiger partial charge in [-0.25, -0.2) is 4.98 Å². The topological polar surface area (TPSA) is 61.0 Å². The molecule has 0 atom stereocenters. The Bertz CT molecular complexity index is 441. The van der Waals surface area contributed by atoms with E-state index in [0.717, 1.165) is 11.3 Å². The first kappa shape index (κ1) is 8.96. The Hall–Kier alpha value is -1.62. The van der Waals surface area contributed by atoms with Crippen LogP contribution in [-0.2, 0) is 0 Å². The molecular formula is C9H9N3OS. The first-order valence-electron chi connectivity index (χ1n) is 4.02. The van der Waals surface area contributed by atoms with E-state index in [1.807, 2.05) is 17.5 Å². The summed E-state index contributed by atoms with van der Waals surface area (Å²) in [6.07, 6.45) is 0. The summed E-state index contributed by atoms with van der Waals surface area (Å²) in [6.45, 7) is 0. The van der Waals surface area contributed by atoms with E-state index in [0.29, 0.717) is 11.7 Å².